The first kappa shape index (κ1) is 20.2. The molecular formula is C18H32N3O4P. The number of hydrogen-bond donors (Lipinski definition) is 0. The Morgan fingerprint density at radius 2 is 1.42 bits per heavy atom. The number of hydrogen-bond acceptors (Lipinski definition) is 6. The summed E-state index contributed by atoms with van der Waals surface area (Å²) in [5.74, 6) is -0.585. The van der Waals surface area contributed by atoms with Gasteiger partial charge in [0.05, 0.1) is 37.2 Å². The van der Waals surface area contributed by atoms with Gasteiger partial charge in [0.15, 0.2) is 8.45 Å². The standard InChI is InChI=1S/C18H32N3O4P/c1-5-19(6-2)26(20(7-3)8-4)24-12-11-21-17(22)15-13-9-10-14(25-13)16(15)18(21)23/h13-16H,5-12H2,1-4H3/t13-,14+,15-,16+. The number of amides is 2. The molecule has 7 nitrogen and oxygen atoms in total. The van der Waals surface area contributed by atoms with Crippen LogP contribution in [0.5, 0.6) is 0 Å². The van der Waals surface area contributed by atoms with Crippen LogP contribution < -0.4 is 0 Å². The van der Waals surface area contributed by atoms with E-state index in [2.05, 4.69) is 37.0 Å². The third kappa shape index (κ3) is 3.45. The van der Waals surface area contributed by atoms with Crippen LogP contribution in [-0.4, -0.2) is 77.6 Å². The van der Waals surface area contributed by atoms with Crippen molar-refractivity contribution >= 4 is 20.3 Å². The number of imide groups is 1. The Morgan fingerprint density at radius 3 is 1.85 bits per heavy atom. The van der Waals surface area contributed by atoms with E-state index in [-0.39, 0.29) is 35.9 Å². The summed E-state index contributed by atoms with van der Waals surface area (Å²) in [6, 6.07) is 0. The third-order valence-corrected chi connectivity index (χ3v) is 8.35. The average Bonchev–Trinajstić information content (AvgIpc) is 3.32. The van der Waals surface area contributed by atoms with Gasteiger partial charge in [-0.05, 0) is 12.8 Å². The van der Waals surface area contributed by atoms with Crippen molar-refractivity contribution in [3.8, 4) is 0 Å². The van der Waals surface area contributed by atoms with Crippen molar-refractivity contribution in [2.45, 2.75) is 52.7 Å². The molecule has 0 aromatic rings. The van der Waals surface area contributed by atoms with Crippen molar-refractivity contribution in [2.24, 2.45) is 11.8 Å². The topological polar surface area (TPSA) is 62.3 Å². The van der Waals surface area contributed by atoms with Crippen LogP contribution in [0.3, 0.4) is 0 Å². The van der Waals surface area contributed by atoms with E-state index in [1.807, 2.05) is 0 Å². The van der Waals surface area contributed by atoms with E-state index in [1.54, 1.807) is 0 Å². The maximum absolute atomic E-state index is 12.7. The Hall–Kier alpha value is -0.590. The quantitative estimate of drug-likeness (QED) is 0.424. The first-order chi connectivity index (χ1) is 12.6. The number of nitrogens with zero attached hydrogens (tertiary/aromatic N) is 3. The number of carbonyl (C=O) groups excluding carboxylic acids is 2. The minimum absolute atomic E-state index is 0.0455. The molecule has 3 saturated heterocycles. The molecule has 0 unspecified atom stereocenters. The molecular weight excluding hydrogens is 353 g/mol. The minimum Gasteiger partial charge on any atom is -0.373 e. The smallest absolute Gasteiger partial charge is 0.235 e. The van der Waals surface area contributed by atoms with Crippen molar-refractivity contribution in [1.29, 1.82) is 0 Å². The van der Waals surface area contributed by atoms with Gasteiger partial charge < -0.3 is 9.26 Å². The number of likely N-dealkylation sites (tertiary alicyclic amines) is 1. The fourth-order valence-electron chi connectivity index (χ4n) is 4.48. The van der Waals surface area contributed by atoms with Gasteiger partial charge in [0.1, 0.15) is 0 Å². The van der Waals surface area contributed by atoms with Gasteiger partial charge in [0.2, 0.25) is 11.8 Å². The van der Waals surface area contributed by atoms with E-state index in [9.17, 15) is 9.59 Å². The molecule has 26 heavy (non-hydrogen) atoms. The molecule has 3 fully saturated rings. The molecule has 0 spiro atoms. The van der Waals surface area contributed by atoms with E-state index >= 15 is 0 Å². The zero-order valence-electron chi connectivity index (χ0n) is 16.4. The monoisotopic (exact) mass is 385 g/mol. The van der Waals surface area contributed by atoms with E-state index in [4.69, 9.17) is 9.26 Å². The van der Waals surface area contributed by atoms with Crippen molar-refractivity contribution in [2.75, 3.05) is 39.3 Å². The normalized spacial score (nSPS) is 30.5. The molecule has 0 saturated carbocycles. The van der Waals surface area contributed by atoms with Crippen molar-refractivity contribution < 1.29 is 18.8 Å². The molecule has 2 amide bonds. The van der Waals surface area contributed by atoms with Crippen LogP contribution >= 0.6 is 8.45 Å². The third-order valence-electron chi connectivity index (χ3n) is 5.84. The van der Waals surface area contributed by atoms with E-state index in [0.29, 0.717) is 13.2 Å². The van der Waals surface area contributed by atoms with Crippen LogP contribution in [0.1, 0.15) is 40.5 Å². The first-order valence-corrected chi connectivity index (χ1v) is 11.2. The number of carbonyl (C=O) groups is 2. The summed E-state index contributed by atoms with van der Waals surface area (Å²) in [5.41, 5.74) is 0. The van der Waals surface area contributed by atoms with Gasteiger partial charge in [-0.15, -0.1) is 0 Å². The summed E-state index contributed by atoms with van der Waals surface area (Å²) in [5, 5.41) is 0. The number of rotatable bonds is 10. The molecule has 3 aliphatic heterocycles. The van der Waals surface area contributed by atoms with E-state index in [0.717, 1.165) is 39.0 Å². The van der Waals surface area contributed by atoms with Crippen molar-refractivity contribution in [3.63, 3.8) is 0 Å². The summed E-state index contributed by atoms with van der Waals surface area (Å²) in [4.78, 5) is 26.9. The summed E-state index contributed by atoms with van der Waals surface area (Å²) in [7, 11) is -0.861. The Balaban J connectivity index is 1.59. The summed E-state index contributed by atoms with van der Waals surface area (Å²) >= 11 is 0. The molecule has 2 bridgehead atoms. The van der Waals surface area contributed by atoms with Gasteiger partial charge in [-0.25, -0.2) is 9.34 Å². The largest absolute Gasteiger partial charge is 0.373 e. The molecule has 0 aromatic carbocycles. The van der Waals surface area contributed by atoms with Gasteiger partial charge in [0.25, 0.3) is 0 Å². The molecule has 148 valence electrons. The second kappa shape index (κ2) is 8.61. The molecule has 3 heterocycles. The van der Waals surface area contributed by atoms with E-state index in [1.165, 1.54) is 4.90 Å². The number of ether oxygens (including phenoxy) is 1. The lowest BCUT2D eigenvalue weighted by molar-refractivity contribution is -0.143. The SMILES string of the molecule is CCN(CC)P(OCCN1C(=O)[C@@H]2[C@H](C1=O)[C@H]1CC[C@@H]2O1)N(CC)CC. The Morgan fingerprint density at radius 1 is 0.962 bits per heavy atom. The lowest BCUT2D eigenvalue weighted by Crippen LogP contribution is -2.37. The second-order valence-electron chi connectivity index (χ2n) is 7.03. The summed E-state index contributed by atoms with van der Waals surface area (Å²) in [6.07, 6.45) is 1.72. The zero-order chi connectivity index (χ0) is 18.8. The number of fused-ring (bicyclic) bond motifs is 5. The second-order valence-corrected chi connectivity index (χ2v) is 8.93. The fourth-order valence-corrected chi connectivity index (χ4v) is 6.38. The minimum atomic E-state index is -0.861. The van der Waals surface area contributed by atoms with Crippen LogP contribution in [-0.2, 0) is 18.8 Å². The predicted molar refractivity (Wildman–Crippen MR) is 100 cm³/mol. The lowest BCUT2D eigenvalue weighted by atomic mass is 9.81. The highest BCUT2D eigenvalue weighted by Crippen LogP contribution is 2.49. The lowest BCUT2D eigenvalue weighted by Gasteiger charge is -2.36. The van der Waals surface area contributed by atoms with Crippen LogP contribution in [0.4, 0.5) is 0 Å². The van der Waals surface area contributed by atoms with Gasteiger partial charge in [-0.3, -0.25) is 14.5 Å². The van der Waals surface area contributed by atoms with Gasteiger partial charge >= 0.3 is 0 Å². The summed E-state index contributed by atoms with van der Waals surface area (Å²) in [6.45, 7) is 13.0. The Kier molecular flexibility index (Phi) is 6.68. The molecule has 3 aliphatic rings. The molecule has 0 aliphatic carbocycles. The van der Waals surface area contributed by atoms with Gasteiger partial charge in [0, 0.05) is 26.2 Å². The van der Waals surface area contributed by atoms with Crippen molar-refractivity contribution in [1.82, 2.24) is 14.2 Å². The molecule has 3 rings (SSSR count). The predicted octanol–water partition coefficient (Wildman–Crippen LogP) is 2.08. The molecule has 0 radical (unpaired) electrons. The first-order valence-electron chi connectivity index (χ1n) is 10.0. The average molecular weight is 385 g/mol. The van der Waals surface area contributed by atoms with Gasteiger partial charge in [-0.1, -0.05) is 27.7 Å². The maximum atomic E-state index is 12.7. The Labute approximate surface area is 157 Å². The zero-order valence-corrected chi connectivity index (χ0v) is 17.3. The highest BCUT2D eigenvalue weighted by atomic mass is 31.2. The molecule has 0 N–H and O–H groups in total. The van der Waals surface area contributed by atoms with Gasteiger partial charge in [-0.2, -0.15) is 0 Å². The van der Waals surface area contributed by atoms with E-state index < -0.39 is 8.45 Å². The van der Waals surface area contributed by atoms with Crippen molar-refractivity contribution in [3.05, 3.63) is 0 Å². The highest BCUT2D eigenvalue weighted by molar-refractivity contribution is 7.47. The van der Waals surface area contributed by atoms with Crippen LogP contribution in [0.15, 0.2) is 0 Å². The van der Waals surface area contributed by atoms with Crippen LogP contribution in [0.2, 0.25) is 0 Å². The van der Waals surface area contributed by atoms with Crippen LogP contribution in [0.25, 0.3) is 0 Å². The Bertz CT molecular complexity index is 487. The summed E-state index contributed by atoms with van der Waals surface area (Å²) < 4.78 is 16.6. The highest BCUT2D eigenvalue weighted by Gasteiger charge is 2.62. The fraction of sp³-hybridized carbons (Fsp3) is 0.889. The van der Waals surface area contributed by atoms with Crippen LogP contribution in [0, 0.1) is 11.8 Å². The molecule has 4 atom stereocenters. The maximum Gasteiger partial charge on any atom is 0.235 e. The molecule has 8 heteroatoms. The molecule has 0 aromatic heterocycles.